The van der Waals surface area contributed by atoms with Crippen LogP contribution < -0.4 is 15.0 Å². The van der Waals surface area contributed by atoms with E-state index in [1.54, 1.807) is 7.11 Å². The number of nitrogens with zero attached hydrogens (tertiary/aromatic N) is 1. The van der Waals surface area contributed by atoms with E-state index in [4.69, 9.17) is 4.74 Å². The van der Waals surface area contributed by atoms with Crippen molar-refractivity contribution in [1.29, 1.82) is 0 Å². The summed E-state index contributed by atoms with van der Waals surface area (Å²) in [7, 11) is 1.67. The third kappa shape index (κ3) is 4.55. The first-order valence-corrected chi connectivity index (χ1v) is 9.77. The Bertz CT molecular complexity index is 562. The molecule has 1 amide bonds. The predicted octanol–water partition coefficient (Wildman–Crippen LogP) is 3.85. The van der Waals surface area contributed by atoms with Crippen molar-refractivity contribution in [3.05, 3.63) is 24.3 Å². The normalized spacial score (nSPS) is 22.9. The van der Waals surface area contributed by atoms with Gasteiger partial charge in [0.15, 0.2) is 0 Å². The Hall–Kier alpha value is -1.55. The third-order valence-corrected chi connectivity index (χ3v) is 5.97. The lowest BCUT2D eigenvalue weighted by Crippen LogP contribution is -2.42. The molecule has 1 aromatic rings. The van der Waals surface area contributed by atoms with Crippen LogP contribution in [0.3, 0.4) is 0 Å². The second-order valence-electron chi connectivity index (χ2n) is 7.83. The van der Waals surface area contributed by atoms with Crippen molar-refractivity contribution in [2.75, 3.05) is 25.1 Å². The molecule has 1 saturated carbocycles. The Morgan fingerprint density at radius 2 is 1.92 bits per heavy atom. The van der Waals surface area contributed by atoms with Crippen molar-refractivity contribution in [2.24, 2.45) is 17.8 Å². The summed E-state index contributed by atoms with van der Waals surface area (Å²) in [6.45, 7) is 6.61. The summed E-state index contributed by atoms with van der Waals surface area (Å²) in [6.07, 6.45) is 5.58. The molecule has 1 aliphatic heterocycles. The smallest absolute Gasteiger partial charge is 0.227 e. The van der Waals surface area contributed by atoms with Gasteiger partial charge in [0, 0.05) is 18.2 Å². The molecule has 0 aromatic heterocycles. The summed E-state index contributed by atoms with van der Waals surface area (Å²) in [5, 5.41) is 3.47. The van der Waals surface area contributed by atoms with Crippen molar-refractivity contribution < 1.29 is 9.53 Å². The molecule has 1 saturated heterocycles. The van der Waals surface area contributed by atoms with E-state index in [1.807, 2.05) is 29.2 Å². The van der Waals surface area contributed by atoms with E-state index >= 15 is 0 Å². The second-order valence-corrected chi connectivity index (χ2v) is 7.83. The molecule has 3 atom stereocenters. The molecule has 25 heavy (non-hydrogen) atoms. The molecular weight excluding hydrogens is 312 g/mol. The fraction of sp³-hybridized carbons (Fsp3) is 0.667. The Balaban J connectivity index is 1.72. The van der Waals surface area contributed by atoms with Crippen molar-refractivity contribution in [3.63, 3.8) is 0 Å². The minimum atomic E-state index is 0.266. The molecule has 1 N–H and O–H groups in total. The number of amides is 1. The Morgan fingerprint density at radius 3 is 2.48 bits per heavy atom. The molecular formula is C21H32N2O2. The Labute approximate surface area is 151 Å². The molecule has 2 aliphatic rings. The number of ether oxygens (including phenoxy) is 1. The summed E-state index contributed by atoms with van der Waals surface area (Å²) in [5.74, 6) is 2.79. The van der Waals surface area contributed by atoms with E-state index in [2.05, 4.69) is 19.2 Å². The maximum Gasteiger partial charge on any atom is 0.227 e. The lowest BCUT2D eigenvalue weighted by Gasteiger charge is -2.33. The van der Waals surface area contributed by atoms with Gasteiger partial charge in [0.05, 0.1) is 7.11 Å². The minimum absolute atomic E-state index is 0.266. The van der Waals surface area contributed by atoms with Gasteiger partial charge >= 0.3 is 0 Å². The van der Waals surface area contributed by atoms with Gasteiger partial charge in [0.1, 0.15) is 5.75 Å². The lowest BCUT2D eigenvalue weighted by molar-refractivity contribution is -0.120. The molecule has 4 nitrogen and oxygen atoms in total. The molecule has 1 aromatic carbocycles. The Morgan fingerprint density at radius 1 is 1.20 bits per heavy atom. The number of methoxy groups -OCH3 is 1. The highest BCUT2D eigenvalue weighted by atomic mass is 16.5. The molecule has 3 unspecified atom stereocenters. The highest BCUT2D eigenvalue weighted by Gasteiger charge is 2.36. The summed E-state index contributed by atoms with van der Waals surface area (Å²) < 4.78 is 5.26. The topological polar surface area (TPSA) is 41.6 Å². The largest absolute Gasteiger partial charge is 0.497 e. The average molecular weight is 344 g/mol. The molecule has 0 spiro atoms. The monoisotopic (exact) mass is 344 g/mol. The van der Waals surface area contributed by atoms with Crippen LogP contribution in [0.4, 0.5) is 5.69 Å². The minimum Gasteiger partial charge on any atom is -0.497 e. The van der Waals surface area contributed by atoms with Gasteiger partial charge < -0.3 is 15.0 Å². The quantitative estimate of drug-likeness (QED) is 0.817. The standard InChI is InChI=1S/C21H32N2O2/c1-15(18-5-4-12-22-14-18)13-21(24)23(16(2)17-6-7-17)19-8-10-20(25-3)11-9-19/h8-11,15-18,22H,4-7,12-14H2,1-3H3. The first-order valence-electron chi connectivity index (χ1n) is 9.77. The molecule has 2 fully saturated rings. The third-order valence-electron chi connectivity index (χ3n) is 5.97. The Kier molecular flexibility index (Phi) is 6.00. The van der Waals surface area contributed by atoms with Gasteiger partial charge in [-0.25, -0.2) is 0 Å². The van der Waals surface area contributed by atoms with Crippen LogP contribution in [-0.4, -0.2) is 32.1 Å². The van der Waals surface area contributed by atoms with E-state index < -0.39 is 0 Å². The number of carbonyl (C=O) groups excluding carboxylic acids is 1. The van der Waals surface area contributed by atoms with E-state index in [0.29, 0.717) is 24.2 Å². The van der Waals surface area contributed by atoms with Crippen LogP contribution in [0.1, 0.15) is 46.0 Å². The van der Waals surface area contributed by atoms with Gasteiger partial charge in [0.25, 0.3) is 0 Å². The van der Waals surface area contributed by atoms with Crippen LogP contribution in [-0.2, 0) is 4.79 Å². The summed E-state index contributed by atoms with van der Waals surface area (Å²) in [5.41, 5.74) is 0.999. The van der Waals surface area contributed by atoms with Crippen LogP contribution in [0.15, 0.2) is 24.3 Å². The molecule has 1 heterocycles. The van der Waals surface area contributed by atoms with E-state index in [-0.39, 0.29) is 11.9 Å². The molecule has 0 bridgehead atoms. The van der Waals surface area contributed by atoms with Crippen LogP contribution in [0.2, 0.25) is 0 Å². The SMILES string of the molecule is COc1ccc(N(C(=O)CC(C)C2CCCNC2)C(C)C2CC2)cc1. The average Bonchev–Trinajstić information content (AvgIpc) is 3.48. The fourth-order valence-electron chi connectivity index (χ4n) is 4.04. The zero-order chi connectivity index (χ0) is 17.8. The highest BCUT2D eigenvalue weighted by molar-refractivity contribution is 5.94. The number of carbonyl (C=O) groups is 1. The summed E-state index contributed by atoms with van der Waals surface area (Å²) in [4.78, 5) is 15.2. The van der Waals surface area contributed by atoms with Gasteiger partial charge in [-0.05, 0) is 87.7 Å². The maximum atomic E-state index is 13.2. The van der Waals surface area contributed by atoms with Gasteiger partial charge in [0.2, 0.25) is 5.91 Å². The van der Waals surface area contributed by atoms with Crippen LogP contribution >= 0.6 is 0 Å². The molecule has 138 valence electrons. The number of rotatable bonds is 7. The summed E-state index contributed by atoms with van der Waals surface area (Å²) >= 11 is 0. The van der Waals surface area contributed by atoms with Crippen LogP contribution in [0.5, 0.6) is 5.75 Å². The molecule has 3 rings (SSSR count). The number of anilines is 1. The zero-order valence-corrected chi connectivity index (χ0v) is 15.8. The van der Waals surface area contributed by atoms with Crippen molar-refractivity contribution in [1.82, 2.24) is 5.32 Å². The summed E-state index contributed by atoms with van der Waals surface area (Å²) in [6, 6.07) is 8.20. The van der Waals surface area contributed by atoms with Crippen LogP contribution in [0, 0.1) is 17.8 Å². The second kappa shape index (κ2) is 8.22. The van der Waals surface area contributed by atoms with Crippen molar-refractivity contribution in [3.8, 4) is 5.75 Å². The number of benzene rings is 1. The number of hydrogen-bond acceptors (Lipinski definition) is 3. The van der Waals surface area contributed by atoms with E-state index in [0.717, 1.165) is 24.5 Å². The maximum absolute atomic E-state index is 13.2. The molecule has 0 radical (unpaired) electrons. The van der Waals surface area contributed by atoms with E-state index in [1.165, 1.54) is 25.7 Å². The first-order chi connectivity index (χ1) is 12.1. The van der Waals surface area contributed by atoms with Gasteiger partial charge in [-0.1, -0.05) is 6.92 Å². The zero-order valence-electron chi connectivity index (χ0n) is 15.8. The molecule has 4 heteroatoms. The van der Waals surface area contributed by atoms with E-state index in [9.17, 15) is 4.79 Å². The predicted molar refractivity (Wildman–Crippen MR) is 102 cm³/mol. The van der Waals surface area contributed by atoms with Crippen LogP contribution in [0.25, 0.3) is 0 Å². The fourth-order valence-corrected chi connectivity index (χ4v) is 4.04. The number of piperidine rings is 1. The van der Waals surface area contributed by atoms with Crippen molar-refractivity contribution in [2.45, 2.75) is 52.0 Å². The lowest BCUT2D eigenvalue weighted by atomic mass is 9.85. The van der Waals surface area contributed by atoms with Gasteiger partial charge in [-0.15, -0.1) is 0 Å². The van der Waals surface area contributed by atoms with Gasteiger partial charge in [-0.2, -0.15) is 0 Å². The number of hydrogen-bond donors (Lipinski definition) is 1. The number of nitrogens with one attached hydrogen (secondary N) is 1. The molecule has 1 aliphatic carbocycles. The highest BCUT2D eigenvalue weighted by Crippen LogP contribution is 2.38. The van der Waals surface area contributed by atoms with Crippen molar-refractivity contribution >= 4 is 11.6 Å². The van der Waals surface area contributed by atoms with Gasteiger partial charge in [-0.3, -0.25) is 4.79 Å². The first kappa shape index (κ1) is 18.2.